The maximum Gasteiger partial charge on any atom is 0.329 e. The number of nitro groups is 1. The third-order valence-electron chi connectivity index (χ3n) is 7.42. The Morgan fingerprint density at radius 2 is 1.90 bits per heavy atom. The van der Waals surface area contributed by atoms with Gasteiger partial charge in [0.2, 0.25) is 11.8 Å². The monoisotopic (exact) mass is 590 g/mol. The Morgan fingerprint density at radius 1 is 1.12 bits per heavy atom. The minimum Gasteiger partial charge on any atom is -0.494 e. The van der Waals surface area contributed by atoms with Crippen molar-refractivity contribution in [2.24, 2.45) is 0 Å². The van der Waals surface area contributed by atoms with Crippen molar-refractivity contribution in [3.8, 4) is 5.75 Å². The van der Waals surface area contributed by atoms with E-state index in [-0.39, 0.29) is 17.5 Å². The summed E-state index contributed by atoms with van der Waals surface area (Å²) in [5, 5.41) is 18.3. The van der Waals surface area contributed by atoms with Gasteiger partial charge in [0.25, 0.3) is 0 Å². The molecule has 5 rings (SSSR count). The fourth-order valence-corrected chi connectivity index (χ4v) is 5.48. The Labute approximate surface area is 248 Å². The molecule has 1 aliphatic rings. The minimum absolute atomic E-state index is 0.0376. The fraction of sp³-hybridized carbons (Fsp3) is 0.357. The Hall–Kier alpha value is -4.43. The number of rotatable bonds is 10. The molecular formula is C28H34N10O3S. The highest BCUT2D eigenvalue weighted by atomic mass is 32.2. The van der Waals surface area contributed by atoms with Gasteiger partial charge in [0, 0.05) is 56.6 Å². The fourth-order valence-electron chi connectivity index (χ4n) is 5.11. The molecule has 1 unspecified atom stereocenters. The van der Waals surface area contributed by atoms with Crippen molar-refractivity contribution in [3.05, 3.63) is 58.5 Å². The first-order chi connectivity index (χ1) is 20.2. The number of methoxy groups -OCH3 is 1. The van der Waals surface area contributed by atoms with E-state index >= 15 is 0 Å². The van der Waals surface area contributed by atoms with E-state index < -0.39 is 4.92 Å². The number of ether oxygens (including phenoxy) is 1. The molecule has 1 aliphatic heterocycles. The molecule has 3 heterocycles. The molecular weight excluding hydrogens is 556 g/mol. The summed E-state index contributed by atoms with van der Waals surface area (Å²) >= 11 is 1.48. The van der Waals surface area contributed by atoms with Crippen molar-refractivity contribution in [2.75, 3.05) is 67.4 Å². The topological polar surface area (TPSA) is 138 Å². The summed E-state index contributed by atoms with van der Waals surface area (Å²) in [4.78, 5) is 33.7. The van der Waals surface area contributed by atoms with Crippen LogP contribution in [0.2, 0.25) is 0 Å². The third kappa shape index (κ3) is 5.81. The Morgan fingerprint density at radius 3 is 2.60 bits per heavy atom. The molecule has 42 heavy (non-hydrogen) atoms. The number of fused-ring (bicyclic) bond motifs is 1. The molecule has 2 aromatic heterocycles. The van der Waals surface area contributed by atoms with Gasteiger partial charge >= 0.3 is 5.69 Å². The molecule has 4 aromatic rings. The van der Waals surface area contributed by atoms with Gasteiger partial charge < -0.3 is 29.5 Å². The average Bonchev–Trinajstić information content (AvgIpc) is 3.47. The van der Waals surface area contributed by atoms with Crippen LogP contribution in [0.25, 0.3) is 11.0 Å². The Balaban J connectivity index is 1.48. The SMILES string of the molecule is COc1cc(N2CCC(N(C)C)C2)c(C)cc1Nc1ncc([N+](=O)[O-])c(Nc2ccc3nccnc3c2N(C)SC)n1. The summed E-state index contributed by atoms with van der Waals surface area (Å²) in [6, 6.07) is 8.12. The minimum atomic E-state index is -0.512. The van der Waals surface area contributed by atoms with Gasteiger partial charge in [0.05, 0.1) is 34.6 Å². The summed E-state index contributed by atoms with van der Waals surface area (Å²) in [6.45, 7) is 3.96. The highest BCUT2D eigenvalue weighted by Crippen LogP contribution is 2.39. The van der Waals surface area contributed by atoms with Crippen LogP contribution in [-0.4, -0.2) is 83.4 Å². The summed E-state index contributed by atoms with van der Waals surface area (Å²) in [5.74, 6) is 0.843. The van der Waals surface area contributed by atoms with Gasteiger partial charge in [0.1, 0.15) is 17.5 Å². The largest absolute Gasteiger partial charge is 0.494 e. The summed E-state index contributed by atoms with van der Waals surface area (Å²) < 4.78 is 7.65. The van der Waals surface area contributed by atoms with E-state index in [1.807, 2.05) is 41.9 Å². The first-order valence-electron chi connectivity index (χ1n) is 13.4. The summed E-state index contributed by atoms with van der Waals surface area (Å²) in [5.41, 5.74) is 5.25. The number of nitrogens with one attached hydrogen (secondary N) is 2. The highest BCUT2D eigenvalue weighted by Gasteiger charge is 2.26. The number of aromatic nitrogens is 4. The van der Waals surface area contributed by atoms with Crippen LogP contribution in [0.15, 0.2) is 42.9 Å². The van der Waals surface area contributed by atoms with Crippen molar-refractivity contribution in [2.45, 2.75) is 19.4 Å². The van der Waals surface area contributed by atoms with Crippen LogP contribution < -0.4 is 24.6 Å². The lowest BCUT2D eigenvalue weighted by molar-refractivity contribution is -0.384. The smallest absolute Gasteiger partial charge is 0.329 e. The molecule has 1 saturated heterocycles. The van der Waals surface area contributed by atoms with Crippen molar-refractivity contribution < 1.29 is 9.66 Å². The highest BCUT2D eigenvalue weighted by molar-refractivity contribution is 7.99. The molecule has 220 valence electrons. The molecule has 0 spiro atoms. The number of benzene rings is 2. The quantitative estimate of drug-likeness (QED) is 0.146. The van der Waals surface area contributed by atoms with Crippen molar-refractivity contribution in [1.29, 1.82) is 0 Å². The predicted octanol–water partition coefficient (Wildman–Crippen LogP) is 4.99. The number of hydrogen-bond acceptors (Lipinski definition) is 13. The van der Waals surface area contributed by atoms with Crippen LogP contribution in [-0.2, 0) is 0 Å². The lowest BCUT2D eigenvalue weighted by Gasteiger charge is -2.24. The van der Waals surface area contributed by atoms with Gasteiger partial charge in [-0.1, -0.05) is 11.9 Å². The van der Waals surface area contributed by atoms with Crippen LogP contribution in [0.5, 0.6) is 5.75 Å². The molecule has 1 fully saturated rings. The van der Waals surface area contributed by atoms with Crippen molar-refractivity contribution in [1.82, 2.24) is 24.8 Å². The van der Waals surface area contributed by atoms with Gasteiger partial charge in [-0.3, -0.25) is 20.1 Å². The number of nitrogens with zero attached hydrogens (tertiary/aromatic N) is 8. The lowest BCUT2D eigenvalue weighted by atomic mass is 10.1. The maximum atomic E-state index is 11.9. The van der Waals surface area contributed by atoms with Crippen molar-refractivity contribution >= 4 is 63.2 Å². The Bertz CT molecular complexity index is 1620. The molecule has 0 aliphatic carbocycles. The van der Waals surface area contributed by atoms with Gasteiger partial charge in [-0.2, -0.15) is 4.98 Å². The maximum absolute atomic E-state index is 11.9. The first kappa shape index (κ1) is 29.1. The van der Waals surface area contributed by atoms with Gasteiger partial charge in [-0.15, -0.1) is 0 Å². The first-order valence-corrected chi connectivity index (χ1v) is 14.5. The molecule has 2 aromatic carbocycles. The Kier molecular flexibility index (Phi) is 8.45. The summed E-state index contributed by atoms with van der Waals surface area (Å²) in [6.07, 6.45) is 7.46. The zero-order valence-electron chi connectivity index (χ0n) is 24.5. The number of likely N-dealkylation sites (N-methyl/N-ethyl adjacent to an activating group) is 1. The third-order valence-corrected chi connectivity index (χ3v) is 8.15. The van der Waals surface area contributed by atoms with Gasteiger partial charge in [0.15, 0.2) is 0 Å². The number of hydrogen-bond donors (Lipinski definition) is 2. The van der Waals surface area contributed by atoms with E-state index in [9.17, 15) is 10.1 Å². The standard InChI is InChI=1S/C28H34N10O3S/c1-17-13-21(24(41-5)14-22(17)37-12-9-18(16-37)35(2)3)33-28-31-15-23(38(39)40)27(34-28)32-20-8-7-19-25(30-11-10-29-19)26(20)36(4)42-6/h7-8,10-11,13-15,18H,9,12,16H2,1-6H3,(H2,31,32,33,34). The second kappa shape index (κ2) is 12.2. The van der Waals surface area contributed by atoms with Gasteiger partial charge in [-0.05, 0) is 51.2 Å². The molecule has 13 nitrogen and oxygen atoms in total. The van der Waals surface area contributed by atoms with Crippen LogP contribution >= 0.6 is 11.9 Å². The summed E-state index contributed by atoms with van der Waals surface area (Å²) in [7, 11) is 7.72. The molecule has 0 saturated carbocycles. The van der Waals surface area contributed by atoms with E-state index in [1.54, 1.807) is 19.5 Å². The lowest BCUT2D eigenvalue weighted by Crippen LogP contribution is -2.31. The molecule has 0 bridgehead atoms. The zero-order valence-corrected chi connectivity index (χ0v) is 25.3. The van der Waals surface area contributed by atoms with Crippen LogP contribution in [0.3, 0.4) is 0 Å². The second-order valence-corrected chi connectivity index (χ2v) is 11.1. The molecule has 14 heteroatoms. The molecule has 0 radical (unpaired) electrons. The number of anilines is 6. The van der Waals surface area contributed by atoms with E-state index in [1.165, 1.54) is 18.1 Å². The van der Waals surface area contributed by atoms with Crippen LogP contribution in [0.1, 0.15) is 12.0 Å². The molecule has 2 N–H and O–H groups in total. The van der Waals surface area contributed by atoms with E-state index in [4.69, 9.17) is 4.74 Å². The van der Waals surface area contributed by atoms with Gasteiger partial charge in [-0.25, -0.2) is 4.98 Å². The normalized spacial score (nSPS) is 14.8. The molecule has 0 amide bonds. The average molecular weight is 591 g/mol. The second-order valence-electron chi connectivity index (χ2n) is 10.2. The van der Waals surface area contributed by atoms with Crippen LogP contribution in [0, 0.1) is 17.0 Å². The van der Waals surface area contributed by atoms with E-state index in [0.717, 1.165) is 36.4 Å². The zero-order chi connectivity index (χ0) is 30.0. The predicted molar refractivity (Wildman–Crippen MR) is 169 cm³/mol. The van der Waals surface area contributed by atoms with E-state index in [0.29, 0.717) is 34.2 Å². The van der Waals surface area contributed by atoms with E-state index in [2.05, 4.69) is 61.4 Å². The number of aryl methyl sites for hydroxylation is 1. The molecule has 1 atom stereocenters. The van der Waals surface area contributed by atoms with Crippen LogP contribution in [0.4, 0.5) is 40.2 Å². The van der Waals surface area contributed by atoms with Crippen molar-refractivity contribution in [3.63, 3.8) is 0 Å².